The summed E-state index contributed by atoms with van der Waals surface area (Å²) in [5.74, 6) is -0.330. The van der Waals surface area contributed by atoms with Gasteiger partial charge in [0.05, 0.1) is 6.10 Å². The van der Waals surface area contributed by atoms with Gasteiger partial charge in [0.25, 0.3) is 5.91 Å². The minimum atomic E-state index is -0.577. The Balaban J connectivity index is 1.42. The second-order valence-corrected chi connectivity index (χ2v) is 10.6. The fourth-order valence-electron chi connectivity index (χ4n) is 6.39. The Morgan fingerprint density at radius 2 is 1.79 bits per heavy atom. The van der Waals surface area contributed by atoms with Crippen LogP contribution in [0.1, 0.15) is 62.4 Å². The Hall–Kier alpha value is -2.73. The third kappa shape index (κ3) is 5.02. The lowest BCUT2D eigenvalue weighted by Crippen LogP contribution is -2.58. The van der Waals surface area contributed by atoms with Gasteiger partial charge >= 0.3 is 0 Å². The highest BCUT2D eigenvalue weighted by Crippen LogP contribution is 2.55. The highest BCUT2D eigenvalue weighted by molar-refractivity contribution is 5.94. The summed E-state index contributed by atoms with van der Waals surface area (Å²) < 4.78 is 0. The van der Waals surface area contributed by atoms with E-state index in [1.165, 1.54) is 0 Å². The van der Waals surface area contributed by atoms with Crippen LogP contribution in [0.2, 0.25) is 0 Å². The smallest absolute Gasteiger partial charge is 0.251 e. The fraction of sp³-hybridized carbons (Fsp3) is 0.536. The number of aliphatic hydroxyl groups is 1. The van der Waals surface area contributed by atoms with Crippen LogP contribution in [0.15, 0.2) is 54.9 Å². The first-order chi connectivity index (χ1) is 16.3. The Labute approximate surface area is 202 Å². The SMILES string of the molecule is C[C@H]1[C@@H]2[C@@H](O)[C@@H]([C@H](C)C(=O)NCc3ccccc3)CC[C@@]2(C)CC[C@@H]1NC(=O)c1ccncc1. The monoisotopic (exact) mass is 463 g/mol. The molecule has 0 radical (unpaired) electrons. The number of hydrogen-bond acceptors (Lipinski definition) is 4. The summed E-state index contributed by atoms with van der Waals surface area (Å²) in [7, 11) is 0. The number of fused-ring (bicyclic) bond motifs is 1. The van der Waals surface area contributed by atoms with Gasteiger partial charge in [-0.25, -0.2) is 0 Å². The summed E-state index contributed by atoms with van der Waals surface area (Å²) in [6.45, 7) is 6.85. The van der Waals surface area contributed by atoms with E-state index in [0.29, 0.717) is 12.1 Å². The van der Waals surface area contributed by atoms with Crippen LogP contribution in [0.25, 0.3) is 0 Å². The van der Waals surface area contributed by atoms with Crippen LogP contribution in [0.5, 0.6) is 0 Å². The van der Waals surface area contributed by atoms with Crippen molar-refractivity contribution in [3.8, 4) is 0 Å². The van der Waals surface area contributed by atoms with Gasteiger partial charge in [-0.1, -0.05) is 51.1 Å². The molecule has 182 valence electrons. The molecular formula is C28H37N3O3. The van der Waals surface area contributed by atoms with Gasteiger partial charge in [0.15, 0.2) is 0 Å². The van der Waals surface area contributed by atoms with Crippen LogP contribution < -0.4 is 10.6 Å². The summed E-state index contributed by atoms with van der Waals surface area (Å²) in [5.41, 5.74) is 1.68. The summed E-state index contributed by atoms with van der Waals surface area (Å²) in [5, 5.41) is 17.8. The van der Waals surface area contributed by atoms with Crippen molar-refractivity contribution in [3.05, 3.63) is 66.0 Å². The van der Waals surface area contributed by atoms with Crippen LogP contribution >= 0.6 is 0 Å². The number of nitrogens with zero attached hydrogens (tertiary/aromatic N) is 1. The number of amides is 2. The first kappa shape index (κ1) is 24.4. The summed E-state index contributed by atoms with van der Waals surface area (Å²) >= 11 is 0. The molecule has 2 amide bonds. The Kier molecular flexibility index (Phi) is 7.36. The zero-order valence-corrected chi connectivity index (χ0v) is 20.4. The lowest BCUT2D eigenvalue weighted by atomic mass is 9.51. The van der Waals surface area contributed by atoms with Crippen LogP contribution in [0.4, 0.5) is 0 Å². The van der Waals surface area contributed by atoms with Crippen molar-refractivity contribution < 1.29 is 14.7 Å². The largest absolute Gasteiger partial charge is 0.392 e. The molecular weight excluding hydrogens is 426 g/mol. The number of rotatable bonds is 6. The number of aliphatic hydroxyl groups excluding tert-OH is 1. The van der Waals surface area contributed by atoms with Gasteiger partial charge in [-0.05, 0) is 66.5 Å². The second kappa shape index (κ2) is 10.3. The van der Waals surface area contributed by atoms with Gasteiger partial charge in [-0.2, -0.15) is 0 Å². The minimum Gasteiger partial charge on any atom is -0.392 e. The summed E-state index contributed by atoms with van der Waals surface area (Å²) in [6, 6.07) is 13.3. The molecule has 3 N–H and O–H groups in total. The van der Waals surface area contributed by atoms with Crippen LogP contribution in [0.3, 0.4) is 0 Å². The molecule has 4 rings (SSSR count). The van der Waals surface area contributed by atoms with Gasteiger partial charge in [0.2, 0.25) is 5.91 Å². The van der Waals surface area contributed by atoms with Gasteiger partial charge in [-0.3, -0.25) is 14.6 Å². The number of carbonyl (C=O) groups excluding carboxylic acids is 2. The fourth-order valence-corrected chi connectivity index (χ4v) is 6.39. The molecule has 0 bridgehead atoms. The molecule has 6 nitrogen and oxygen atoms in total. The lowest BCUT2D eigenvalue weighted by molar-refractivity contribution is -0.142. The molecule has 2 aliphatic carbocycles. The molecule has 2 saturated carbocycles. The topological polar surface area (TPSA) is 91.3 Å². The lowest BCUT2D eigenvalue weighted by Gasteiger charge is -2.56. The van der Waals surface area contributed by atoms with E-state index in [-0.39, 0.29) is 46.9 Å². The molecule has 0 spiro atoms. The first-order valence-electron chi connectivity index (χ1n) is 12.5. The third-order valence-corrected chi connectivity index (χ3v) is 8.51. The predicted molar refractivity (Wildman–Crippen MR) is 132 cm³/mol. The average molecular weight is 464 g/mol. The van der Waals surface area contributed by atoms with Crippen molar-refractivity contribution in [2.45, 2.75) is 65.1 Å². The van der Waals surface area contributed by atoms with Gasteiger partial charge < -0.3 is 15.7 Å². The molecule has 2 fully saturated rings. The molecule has 0 aliphatic heterocycles. The van der Waals surface area contributed by atoms with Crippen molar-refractivity contribution in [1.29, 1.82) is 0 Å². The van der Waals surface area contributed by atoms with Crippen molar-refractivity contribution in [2.24, 2.45) is 29.1 Å². The van der Waals surface area contributed by atoms with E-state index in [4.69, 9.17) is 0 Å². The molecule has 1 aromatic heterocycles. The molecule has 2 aromatic rings. The van der Waals surface area contributed by atoms with E-state index in [0.717, 1.165) is 31.2 Å². The zero-order valence-electron chi connectivity index (χ0n) is 20.4. The van der Waals surface area contributed by atoms with E-state index >= 15 is 0 Å². The van der Waals surface area contributed by atoms with Gasteiger partial charge in [-0.15, -0.1) is 0 Å². The van der Waals surface area contributed by atoms with Crippen LogP contribution in [-0.4, -0.2) is 34.1 Å². The Morgan fingerprint density at radius 1 is 1.12 bits per heavy atom. The molecule has 0 saturated heterocycles. The van der Waals surface area contributed by atoms with E-state index in [1.807, 2.05) is 37.3 Å². The third-order valence-electron chi connectivity index (χ3n) is 8.51. The Morgan fingerprint density at radius 3 is 2.50 bits per heavy atom. The predicted octanol–water partition coefficient (Wildman–Crippen LogP) is 3.96. The van der Waals surface area contributed by atoms with Crippen molar-refractivity contribution in [2.75, 3.05) is 0 Å². The quantitative estimate of drug-likeness (QED) is 0.605. The minimum absolute atomic E-state index is 0.00523. The molecule has 2 aliphatic rings. The maximum atomic E-state index is 13.0. The van der Waals surface area contributed by atoms with Crippen LogP contribution in [-0.2, 0) is 11.3 Å². The molecule has 1 heterocycles. The maximum Gasteiger partial charge on any atom is 0.251 e. The number of aromatic nitrogens is 1. The molecule has 7 atom stereocenters. The van der Waals surface area contributed by atoms with Crippen LogP contribution in [0, 0.1) is 29.1 Å². The zero-order chi connectivity index (χ0) is 24.3. The van der Waals surface area contributed by atoms with E-state index in [2.05, 4.69) is 29.5 Å². The summed E-state index contributed by atoms with van der Waals surface area (Å²) in [4.78, 5) is 29.7. The molecule has 34 heavy (non-hydrogen) atoms. The van der Waals surface area contributed by atoms with Gasteiger partial charge in [0, 0.05) is 36.5 Å². The van der Waals surface area contributed by atoms with E-state index < -0.39 is 6.10 Å². The number of carbonyl (C=O) groups is 2. The van der Waals surface area contributed by atoms with E-state index in [9.17, 15) is 14.7 Å². The molecule has 6 heteroatoms. The summed E-state index contributed by atoms with van der Waals surface area (Å²) in [6.07, 6.45) is 6.36. The molecule has 0 unspecified atom stereocenters. The highest BCUT2D eigenvalue weighted by Gasteiger charge is 2.53. The van der Waals surface area contributed by atoms with E-state index in [1.54, 1.807) is 24.5 Å². The van der Waals surface area contributed by atoms with Gasteiger partial charge in [0.1, 0.15) is 0 Å². The van der Waals surface area contributed by atoms with Crippen molar-refractivity contribution >= 4 is 11.8 Å². The van der Waals surface area contributed by atoms with Crippen molar-refractivity contribution in [3.63, 3.8) is 0 Å². The maximum absolute atomic E-state index is 13.0. The number of pyridine rings is 1. The second-order valence-electron chi connectivity index (χ2n) is 10.6. The first-order valence-corrected chi connectivity index (χ1v) is 12.5. The number of nitrogens with one attached hydrogen (secondary N) is 2. The number of benzene rings is 1. The number of hydrogen-bond donors (Lipinski definition) is 3. The van der Waals surface area contributed by atoms with Crippen molar-refractivity contribution in [1.82, 2.24) is 15.6 Å². The highest BCUT2D eigenvalue weighted by atomic mass is 16.3. The average Bonchev–Trinajstić information content (AvgIpc) is 2.85. The molecule has 1 aromatic carbocycles. The normalized spacial score (nSPS) is 31.7. The Bertz CT molecular complexity index is 983. The standard InChI is InChI=1S/C28H37N3O3/c1-18(26(33)30-17-20-7-5-4-6-8-20)22-9-13-28(3)14-10-23(19(2)24(28)25(22)32)31-27(34)21-11-15-29-16-12-21/h4-8,11-12,15-16,18-19,22-25,32H,9-10,13-14,17H2,1-3H3,(H,30,33)(H,31,34)/t18-,19+,22+,23-,24+,25-,28-/m0/s1.